The van der Waals surface area contributed by atoms with Gasteiger partial charge in [0.2, 0.25) is 5.95 Å². The minimum atomic E-state index is -0.392. The van der Waals surface area contributed by atoms with Crippen molar-refractivity contribution in [3.8, 4) is 0 Å². The van der Waals surface area contributed by atoms with Crippen molar-refractivity contribution in [1.82, 2.24) is 14.9 Å². The number of ether oxygens (including phenoxy) is 1. The molecule has 2 aliphatic heterocycles. The molecule has 0 bridgehead atoms. The normalized spacial score (nSPS) is 17.8. The molecular weight excluding hydrogens is 370 g/mol. The van der Waals surface area contributed by atoms with Gasteiger partial charge in [-0.15, -0.1) is 0 Å². The number of amides is 2. The highest BCUT2D eigenvalue weighted by Gasteiger charge is 2.25. The van der Waals surface area contributed by atoms with Crippen molar-refractivity contribution >= 4 is 23.8 Å². The van der Waals surface area contributed by atoms with E-state index in [1.807, 2.05) is 36.1 Å². The van der Waals surface area contributed by atoms with Gasteiger partial charge in [0.05, 0.1) is 12.6 Å². The van der Waals surface area contributed by atoms with Crippen molar-refractivity contribution in [2.24, 2.45) is 0 Å². The molecule has 2 amide bonds. The summed E-state index contributed by atoms with van der Waals surface area (Å²) in [5.74, 6) is 1.05. The van der Waals surface area contributed by atoms with Gasteiger partial charge in [0.25, 0.3) is 5.91 Å². The average Bonchev–Trinajstić information content (AvgIpc) is 3.20. The Morgan fingerprint density at radius 1 is 1.10 bits per heavy atom. The molecule has 2 saturated heterocycles. The van der Waals surface area contributed by atoms with Crippen LogP contribution in [0.2, 0.25) is 0 Å². The fourth-order valence-electron chi connectivity index (χ4n) is 3.64. The maximum atomic E-state index is 12.6. The predicted octanol–water partition coefficient (Wildman–Crippen LogP) is 3.23. The summed E-state index contributed by atoms with van der Waals surface area (Å²) >= 11 is 0. The molecule has 0 spiro atoms. The van der Waals surface area contributed by atoms with Crippen LogP contribution in [0.4, 0.5) is 16.6 Å². The molecule has 0 radical (unpaired) electrons. The highest BCUT2D eigenvalue weighted by Crippen LogP contribution is 2.21. The zero-order chi connectivity index (χ0) is 20.2. The standard InChI is InChI=1S/C21H25N5O3/c1-15(23-20-22-10-9-18(24-20)26-13-14-29-21(26)28)16-5-7-17(8-6-16)19(27)25-11-3-2-4-12-25/h5-10,15H,2-4,11-14H2,1H3,(H,22,23,24)/t15-/m0/s1. The van der Waals surface area contributed by atoms with E-state index in [9.17, 15) is 9.59 Å². The van der Waals surface area contributed by atoms with Crippen LogP contribution in [0.3, 0.4) is 0 Å². The monoisotopic (exact) mass is 395 g/mol. The van der Waals surface area contributed by atoms with E-state index < -0.39 is 6.09 Å². The summed E-state index contributed by atoms with van der Waals surface area (Å²) in [6.07, 6.45) is 4.59. The number of nitrogens with zero attached hydrogens (tertiary/aromatic N) is 4. The second-order valence-corrected chi connectivity index (χ2v) is 7.35. The summed E-state index contributed by atoms with van der Waals surface area (Å²) < 4.78 is 4.96. The van der Waals surface area contributed by atoms with Crippen LogP contribution in [-0.2, 0) is 4.74 Å². The maximum absolute atomic E-state index is 12.6. The van der Waals surface area contributed by atoms with E-state index in [1.54, 1.807) is 12.3 Å². The second-order valence-electron chi connectivity index (χ2n) is 7.35. The lowest BCUT2D eigenvalue weighted by Crippen LogP contribution is -2.35. The van der Waals surface area contributed by atoms with E-state index >= 15 is 0 Å². The molecule has 1 aromatic heterocycles. The number of hydrogen-bond donors (Lipinski definition) is 1. The summed E-state index contributed by atoms with van der Waals surface area (Å²) in [7, 11) is 0. The number of benzene rings is 1. The molecule has 29 heavy (non-hydrogen) atoms. The van der Waals surface area contributed by atoms with Crippen molar-refractivity contribution in [1.29, 1.82) is 0 Å². The quantitative estimate of drug-likeness (QED) is 0.836. The zero-order valence-corrected chi connectivity index (χ0v) is 16.5. The van der Waals surface area contributed by atoms with Crippen LogP contribution < -0.4 is 10.2 Å². The first kappa shape index (κ1) is 19.2. The van der Waals surface area contributed by atoms with E-state index in [2.05, 4.69) is 15.3 Å². The molecule has 8 heteroatoms. The molecule has 2 aromatic rings. The van der Waals surface area contributed by atoms with Gasteiger partial charge < -0.3 is 15.0 Å². The number of piperidine rings is 1. The average molecular weight is 395 g/mol. The van der Waals surface area contributed by atoms with E-state index in [0.29, 0.717) is 30.5 Å². The molecule has 0 unspecified atom stereocenters. The second kappa shape index (κ2) is 8.46. The van der Waals surface area contributed by atoms with E-state index in [-0.39, 0.29) is 11.9 Å². The highest BCUT2D eigenvalue weighted by atomic mass is 16.6. The lowest BCUT2D eigenvalue weighted by Gasteiger charge is -2.26. The molecule has 4 rings (SSSR count). The largest absolute Gasteiger partial charge is 0.447 e. The van der Waals surface area contributed by atoms with Gasteiger partial charge in [-0.1, -0.05) is 12.1 Å². The number of carbonyl (C=O) groups is 2. The van der Waals surface area contributed by atoms with Crippen molar-refractivity contribution < 1.29 is 14.3 Å². The number of likely N-dealkylation sites (tertiary alicyclic amines) is 1. The number of aromatic nitrogens is 2. The molecule has 2 fully saturated rings. The number of carbonyl (C=O) groups excluding carboxylic acids is 2. The molecule has 1 aromatic carbocycles. The number of cyclic esters (lactones) is 1. The van der Waals surface area contributed by atoms with Crippen molar-refractivity contribution in [2.75, 3.05) is 36.5 Å². The lowest BCUT2D eigenvalue weighted by molar-refractivity contribution is 0.0724. The van der Waals surface area contributed by atoms with Crippen LogP contribution in [-0.4, -0.2) is 53.1 Å². The van der Waals surface area contributed by atoms with Gasteiger partial charge in [-0.3, -0.25) is 9.69 Å². The molecular formula is C21H25N5O3. The van der Waals surface area contributed by atoms with E-state index in [4.69, 9.17) is 4.74 Å². The van der Waals surface area contributed by atoms with E-state index in [1.165, 1.54) is 11.3 Å². The maximum Gasteiger partial charge on any atom is 0.415 e. The predicted molar refractivity (Wildman–Crippen MR) is 109 cm³/mol. The molecule has 3 heterocycles. The Labute approximate surface area is 169 Å². The summed E-state index contributed by atoms with van der Waals surface area (Å²) in [6, 6.07) is 9.29. The van der Waals surface area contributed by atoms with Crippen LogP contribution in [0.1, 0.15) is 48.1 Å². The van der Waals surface area contributed by atoms with Crippen molar-refractivity contribution in [3.63, 3.8) is 0 Å². The molecule has 0 saturated carbocycles. The Hall–Kier alpha value is -3.16. The molecule has 8 nitrogen and oxygen atoms in total. The first-order valence-corrected chi connectivity index (χ1v) is 10.0. The molecule has 2 aliphatic rings. The smallest absolute Gasteiger partial charge is 0.415 e. The summed E-state index contributed by atoms with van der Waals surface area (Å²) in [5, 5.41) is 3.25. The Bertz CT molecular complexity index is 880. The van der Waals surface area contributed by atoms with Crippen molar-refractivity contribution in [2.45, 2.75) is 32.2 Å². The summed E-state index contributed by atoms with van der Waals surface area (Å²) in [5.41, 5.74) is 1.74. The fourth-order valence-corrected chi connectivity index (χ4v) is 3.64. The SMILES string of the molecule is C[C@H](Nc1nccc(N2CCOC2=O)n1)c1ccc(C(=O)N2CCCCC2)cc1. The van der Waals surface area contributed by atoms with Crippen LogP contribution in [0.5, 0.6) is 0 Å². The van der Waals surface area contributed by atoms with Crippen LogP contribution in [0.15, 0.2) is 36.5 Å². The number of hydrogen-bond acceptors (Lipinski definition) is 6. The number of rotatable bonds is 5. The lowest BCUT2D eigenvalue weighted by atomic mass is 10.0. The first-order chi connectivity index (χ1) is 14.1. The summed E-state index contributed by atoms with van der Waals surface area (Å²) in [4.78, 5) is 36.4. The molecule has 1 atom stereocenters. The fraction of sp³-hybridized carbons (Fsp3) is 0.429. The Kier molecular flexibility index (Phi) is 5.59. The highest BCUT2D eigenvalue weighted by molar-refractivity contribution is 5.94. The van der Waals surface area contributed by atoms with Crippen LogP contribution in [0.25, 0.3) is 0 Å². The molecule has 0 aliphatic carbocycles. The topological polar surface area (TPSA) is 87.7 Å². The molecule has 152 valence electrons. The molecule has 1 N–H and O–H groups in total. The Morgan fingerprint density at radius 3 is 2.55 bits per heavy atom. The third kappa shape index (κ3) is 4.31. The van der Waals surface area contributed by atoms with E-state index in [0.717, 1.165) is 31.5 Å². The summed E-state index contributed by atoms with van der Waals surface area (Å²) in [6.45, 7) is 4.54. The van der Waals surface area contributed by atoms with Crippen LogP contribution >= 0.6 is 0 Å². The Balaban J connectivity index is 1.41. The minimum absolute atomic E-state index is 0.0603. The van der Waals surface area contributed by atoms with Gasteiger partial charge in [0.1, 0.15) is 12.4 Å². The van der Waals surface area contributed by atoms with Gasteiger partial charge in [-0.25, -0.2) is 9.78 Å². The third-order valence-corrected chi connectivity index (χ3v) is 5.32. The van der Waals surface area contributed by atoms with Crippen LogP contribution in [0, 0.1) is 0 Å². The van der Waals surface area contributed by atoms with Gasteiger partial charge >= 0.3 is 6.09 Å². The van der Waals surface area contributed by atoms with Gasteiger partial charge in [0, 0.05) is 24.8 Å². The van der Waals surface area contributed by atoms with Crippen molar-refractivity contribution in [3.05, 3.63) is 47.7 Å². The van der Waals surface area contributed by atoms with Gasteiger partial charge in [-0.05, 0) is 49.9 Å². The number of nitrogens with one attached hydrogen (secondary N) is 1. The minimum Gasteiger partial charge on any atom is -0.447 e. The van der Waals surface area contributed by atoms with Gasteiger partial charge in [-0.2, -0.15) is 4.98 Å². The zero-order valence-electron chi connectivity index (χ0n) is 16.5. The Morgan fingerprint density at radius 2 is 1.86 bits per heavy atom. The first-order valence-electron chi connectivity index (χ1n) is 10.0. The van der Waals surface area contributed by atoms with Gasteiger partial charge in [0.15, 0.2) is 0 Å². The number of anilines is 2. The third-order valence-electron chi connectivity index (χ3n) is 5.32.